The number of hydrogen-bond donors (Lipinski definition) is 0. The highest BCUT2D eigenvalue weighted by atomic mass is 32.1. The van der Waals surface area contributed by atoms with Crippen LogP contribution in [-0.2, 0) is 0 Å². The van der Waals surface area contributed by atoms with E-state index in [0.717, 1.165) is 37.9 Å². The Kier molecular flexibility index (Phi) is 5.22. The summed E-state index contributed by atoms with van der Waals surface area (Å²) in [5.74, 6) is 0.682. The van der Waals surface area contributed by atoms with Gasteiger partial charge in [-0.3, -0.25) is 4.57 Å². The third-order valence-corrected chi connectivity index (χ3v) is 12.6. The third-order valence-electron chi connectivity index (χ3n) is 11.4. The van der Waals surface area contributed by atoms with Crippen molar-refractivity contribution < 1.29 is 0 Å². The molecule has 0 saturated carbocycles. The van der Waals surface area contributed by atoms with Gasteiger partial charge in [0.05, 0.1) is 43.5 Å². The monoisotopic (exact) mass is 690 g/mol. The van der Waals surface area contributed by atoms with Crippen molar-refractivity contribution in [3.8, 4) is 17.2 Å². The molecule has 53 heavy (non-hydrogen) atoms. The fraction of sp³-hybridized carbons (Fsp3) is 0. The van der Waals surface area contributed by atoms with Crippen LogP contribution < -0.4 is 0 Å². The van der Waals surface area contributed by atoms with Crippen molar-refractivity contribution >= 4 is 113 Å². The standard InChI is InChI=1S/C48H26N4S/c1-2-13-29-27(11-1)12-9-17-32(29)43-47-44(36-16-5-8-22-42(36)53-47)50-48(49-43)51-39-20-6-4-15-31(39)38-26-37-28(25-41(38)51)23-24-35-34-19-10-18-33-30-14-3-7-21-40(30)52(45(33)34)46(35)37/h1-26H. The number of hydrogen-bond acceptors (Lipinski definition) is 3. The predicted molar refractivity (Wildman–Crippen MR) is 224 cm³/mol. The van der Waals surface area contributed by atoms with Gasteiger partial charge in [0.15, 0.2) is 0 Å². The summed E-state index contributed by atoms with van der Waals surface area (Å²) in [6.45, 7) is 0. The van der Waals surface area contributed by atoms with Crippen LogP contribution in [0.4, 0.5) is 0 Å². The quantitative estimate of drug-likeness (QED) is 0.181. The minimum Gasteiger partial charge on any atom is -0.307 e. The lowest BCUT2D eigenvalue weighted by atomic mass is 10.0. The van der Waals surface area contributed by atoms with Gasteiger partial charge in [0, 0.05) is 53.4 Å². The number of benzene rings is 8. The van der Waals surface area contributed by atoms with E-state index in [1.165, 1.54) is 75.1 Å². The van der Waals surface area contributed by atoms with Crippen LogP contribution in [0.5, 0.6) is 0 Å². The van der Waals surface area contributed by atoms with E-state index in [1.54, 1.807) is 11.3 Å². The molecule has 244 valence electrons. The molecule has 0 aliphatic carbocycles. The van der Waals surface area contributed by atoms with E-state index < -0.39 is 0 Å². The van der Waals surface area contributed by atoms with Crippen LogP contribution >= 0.6 is 11.3 Å². The highest BCUT2D eigenvalue weighted by Gasteiger charge is 2.23. The number of thiophene rings is 1. The Morgan fingerprint density at radius 2 is 1.06 bits per heavy atom. The molecule has 0 atom stereocenters. The molecule has 0 radical (unpaired) electrons. The van der Waals surface area contributed by atoms with Crippen molar-refractivity contribution in [1.29, 1.82) is 0 Å². The second-order valence-electron chi connectivity index (χ2n) is 14.1. The molecule has 13 aromatic rings. The molecule has 5 heteroatoms. The van der Waals surface area contributed by atoms with Crippen molar-refractivity contribution in [2.75, 3.05) is 0 Å². The third kappa shape index (κ3) is 3.54. The van der Waals surface area contributed by atoms with Gasteiger partial charge in [-0.15, -0.1) is 11.3 Å². The molecule has 0 aliphatic rings. The minimum atomic E-state index is 0.682. The SMILES string of the molecule is c1ccc2c(-c3nc(-n4c5ccccc5c5cc6c(ccc7c8cccc9c%10ccccc%10n(c67)c98)cc54)nc4c3sc3ccccc34)cccc2c1. The lowest BCUT2D eigenvalue weighted by molar-refractivity contribution is 1.02. The van der Waals surface area contributed by atoms with Crippen molar-refractivity contribution in [2.45, 2.75) is 0 Å². The zero-order chi connectivity index (χ0) is 34.4. The first-order chi connectivity index (χ1) is 26.3. The van der Waals surface area contributed by atoms with Gasteiger partial charge in [0.1, 0.15) is 0 Å². The molecule has 4 nitrogen and oxygen atoms in total. The van der Waals surface area contributed by atoms with E-state index in [2.05, 4.69) is 167 Å². The molecule has 0 amide bonds. The molecule has 0 aliphatic heterocycles. The summed E-state index contributed by atoms with van der Waals surface area (Å²) in [6, 6.07) is 57.4. The smallest absolute Gasteiger partial charge is 0.235 e. The fourth-order valence-corrected chi connectivity index (χ4v) is 10.4. The number of para-hydroxylation sites is 3. The van der Waals surface area contributed by atoms with E-state index in [4.69, 9.17) is 9.97 Å². The van der Waals surface area contributed by atoms with E-state index in [9.17, 15) is 0 Å². The van der Waals surface area contributed by atoms with Gasteiger partial charge in [0.2, 0.25) is 5.95 Å². The van der Waals surface area contributed by atoms with Crippen molar-refractivity contribution in [3.05, 3.63) is 158 Å². The number of rotatable bonds is 2. The Labute approximate surface area is 305 Å². The van der Waals surface area contributed by atoms with Gasteiger partial charge in [-0.05, 0) is 46.5 Å². The Bertz CT molecular complexity index is 3690. The Hall–Kier alpha value is -6.82. The average molecular weight is 691 g/mol. The topological polar surface area (TPSA) is 35.1 Å². The molecular formula is C48H26N4S. The van der Waals surface area contributed by atoms with Gasteiger partial charge in [-0.25, -0.2) is 9.97 Å². The number of aromatic nitrogens is 4. The van der Waals surface area contributed by atoms with E-state index in [0.29, 0.717) is 5.95 Å². The first-order valence-electron chi connectivity index (χ1n) is 18.0. The second kappa shape index (κ2) is 9.94. The summed E-state index contributed by atoms with van der Waals surface area (Å²) in [5, 5.41) is 13.5. The molecule has 5 aromatic heterocycles. The fourth-order valence-electron chi connectivity index (χ4n) is 9.21. The molecule has 0 unspecified atom stereocenters. The first-order valence-corrected chi connectivity index (χ1v) is 18.8. The first kappa shape index (κ1) is 27.8. The van der Waals surface area contributed by atoms with E-state index >= 15 is 0 Å². The highest BCUT2D eigenvalue weighted by molar-refractivity contribution is 7.26. The van der Waals surface area contributed by atoms with Crippen LogP contribution in [0, 0.1) is 0 Å². The normalized spacial score (nSPS) is 12.5. The molecule has 0 fully saturated rings. The maximum Gasteiger partial charge on any atom is 0.235 e. The second-order valence-corrected chi connectivity index (χ2v) is 15.2. The maximum atomic E-state index is 5.54. The van der Waals surface area contributed by atoms with Crippen LogP contribution in [0.1, 0.15) is 0 Å². The molecule has 0 spiro atoms. The summed E-state index contributed by atoms with van der Waals surface area (Å²) in [4.78, 5) is 11.0. The minimum absolute atomic E-state index is 0.682. The van der Waals surface area contributed by atoms with Crippen LogP contribution in [0.2, 0.25) is 0 Å². The molecular weight excluding hydrogens is 665 g/mol. The van der Waals surface area contributed by atoms with Gasteiger partial charge < -0.3 is 4.40 Å². The van der Waals surface area contributed by atoms with Crippen LogP contribution in [0.25, 0.3) is 119 Å². The molecule has 0 bridgehead atoms. The maximum absolute atomic E-state index is 5.54. The van der Waals surface area contributed by atoms with Crippen LogP contribution in [0.15, 0.2) is 158 Å². The Balaban J connectivity index is 1.18. The van der Waals surface area contributed by atoms with Crippen molar-refractivity contribution in [1.82, 2.24) is 18.9 Å². The zero-order valence-electron chi connectivity index (χ0n) is 28.2. The van der Waals surface area contributed by atoms with Crippen LogP contribution in [0.3, 0.4) is 0 Å². The lowest BCUT2D eigenvalue weighted by Gasteiger charge is -2.12. The summed E-state index contributed by atoms with van der Waals surface area (Å²) in [7, 11) is 0. The predicted octanol–water partition coefficient (Wildman–Crippen LogP) is 13.1. The Morgan fingerprint density at radius 1 is 0.415 bits per heavy atom. The van der Waals surface area contributed by atoms with Gasteiger partial charge in [-0.2, -0.15) is 0 Å². The van der Waals surface area contributed by atoms with Gasteiger partial charge >= 0.3 is 0 Å². The van der Waals surface area contributed by atoms with Gasteiger partial charge in [0.25, 0.3) is 0 Å². The van der Waals surface area contributed by atoms with E-state index in [1.807, 2.05) is 0 Å². The molecule has 0 N–H and O–H groups in total. The molecule has 8 aromatic carbocycles. The van der Waals surface area contributed by atoms with Crippen LogP contribution in [-0.4, -0.2) is 18.9 Å². The molecule has 0 saturated heterocycles. The molecule has 5 heterocycles. The summed E-state index contributed by atoms with van der Waals surface area (Å²) in [5.41, 5.74) is 9.06. The molecule has 13 rings (SSSR count). The summed E-state index contributed by atoms with van der Waals surface area (Å²) in [6.07, 6.45) is 0. The number of fused-ring (bicyclic) bond motifs is 15. The zero-order valence-corrected chi connectivity index (χ0v) is 29.0. The summed E-state index contributed by atoms with van der Waals surface area (Å²) >= 11 is 1.78. The highest BCUT2D eigenvalue weighted by Crippen LogP contribution is 2.45. The van der Waals surface area contributed by atoms with Crippen molar-refractivity contribution in [2.24, 2.45) is 0 Å². The van der Waals surface area contributed by atoms with E-state index in [-0.39, 0.29) is 0 Å². The Morgan fingerprint density at radius 3 is 1.94 bits per heavy atom. The van der Waals surface area contributed by atoms with Crippen molar-refractivity contribution in [3.63, 3.8) is 0 Å². The number of nitrogens with zero attached hydrogens (tertiary/aromatic N) is 4. The summed E-state index contributed by atoms with van der Waals surface area (Å²) < 4.78 is 7.11. The lowest BCUT2D eigenvalue weighted by Crippen LogP contribution is -2.03. The largest absolute Gasteiger partial charge is 0.307 e. The average Bonchev–Trinajstić information content (AvgIpc) is 3.95. The van der Waals surface area contributed by atoms with Gasteiger partial charge in [-0.1, -0.05) is 127 Å².